The Morgan fingerprint density at radius 1 is 1.30 bits per heavy atom. The summed E-state index contributed by atoms with van der Waals surface area (Å²) in [6, 6.07) is 0.247. The lowest BCUT2D eigenvalue weighted by Gasteiger charge is -2.37. The van der Waals surface area contributed by atoms with E-state index in [-0.39, 0.29) is 11.7 Å². The molecule has 1 aliphatic heterocycles. The third-order valence-corrected chi connectivity index (χ3v) is 4.48. The SMILES string of the molecule is FC(F)(F)C1CCCCN1c1nc(Cl)nc2ccsc12. The van der Waals surface area contributed by atoms with Crippen LogP contribution in [0.15, 0.2) is 11.4 Å². The first kappa shape index (κ1) is 13.9. The highest BCUT2D eigenvalue weighted by Crippen LogP contribution is 2.38. The van der Waals surface area contributed by atoms with Gasteiger partial charge in [0.1, 0.15) is 6.04 Å². The van der Waals surface area contributed by atoms with Crippen LogP contribution in [0.3, 0.4) is 0 Å². The van der Waals surface area contributed by atoms with Crippen LogP contribution in [0.25, 0.3) is 10.2 Å². The van der Waals surface area contributed by atoms with Crippen LogP contribution in [0.2, 0.25) is 5.28 Å². The summed E-state index contributed by atoms with van der Waals surface area (Å²) in [7, 11) is 0. The van der Waals surface area contributed by atoms with Gasteiger partial charge in [0.15, 0.2) is 5.82 Å². The lowest BCUT2D eigenvalue weighted by molar-refractivity contribution is -0.152. The highest BCUT2D eigenvalue weighted by atomic mass is 35.5. The van der Waals surface area contributed by atoms with Gasteiger partial charge in [-0.1, -0.05) is 0 Å². The maximum absolute atomic E-state index is 13.2. The molecule has 1 aliphatic rings. The molecule has 8 heteroatoms. The quantitative estimate of drug-likeness (QED) is 0.735. The van der Waals surface area contributed by atoms with E-state index in [1.807, 2.05) is 0 Å². The first-order valence-electron chi connectivity index (χ1n) is 6.21. The summed E-state index contributed by atoms with van der Waals surface area (Å²) in [4.78, 5) is 9.42. The van der Waals surface area contributed by atoms with Crippen LogP contribution in [-0.2, 0) is 0 Å². The maximum atomic E-state index is 13.2. The van der Waals surface area contributed by atoms with Gasteiger partial charge in [-0.05, 0) is 42.3 Å². The second-order valence-electron chi connectivity index (χ2n) is 4.70. The molecular formula is C12H11ClF3N3S. The molecule has 2 aromatic heterocycles. The number of fused-ring (bicyclic) bond motifs is 1. The Kier molecular flexibility index (Phi) is 3.50. The zero-order valence-electron chi connectivity index (χ0n) is 10.3. The second kappa shape index (κ2) is 5.04. The number of hydrogen-bond donors (Lipinski definition) is 0. The number of aromatic nitrogens is 2. The lowest BCUT2D eigenvalue weighted by Crippen LogP contribution is -2.49. The average Bonchev–Trinajstić information content (AvgIpc) is 2.84. The van der Waals surface area contributed by atoms with Gasteiger partial charge >= 0.3 is 6.18 Å². The average molecular weight is 322 g/mol. The highest BCUT2D eigenvalue weighted by molar-refractivity contribution is 7.17. The largest absolute Gasteiger partial charge is 0.408 e. The minimum Gasteiger partial charge on any atom is -0.343 e. The van der Waals surface area contributed by atoms with Crippen LogP contribution < -0.4 is 4.90 Å². The monoisotopic (exact) mass is 321 g/mol. The number of piperidine rings is 1. The van der Waals surface area contributed by atoms with Crippen LogP contribution in [-0.4, -0.2) is 28.7 Å². The van der Waals surface area contributed by atoms with Crippen molar-refractivity contribution in [2.24, 2.45) is 0 Å². The molecular weight excluding hydrogens is 311 g/mol. The molecule has 1 unspecified atom stereocenters. The predicted molar refractivity (Wildman–Crippen MR) is 73.5 cm³/mol. The Labute approximate surface area is 122 Å². The summed E-state index contributed by atoms with van der Waals surface area (Å²) in [5.41, 5.74) is 0.594. The molecule has 20 heavy (non-hydrogen) atoms. The van der Waals surface area contributed by atoms with Gasteiger partial charge < -0.3 is 4.90 Å². The summed E-state index contributed by atoms with van der Waals surface area (Å²) >= 11 is 7.17. The van der Waals surface area contributed by atoms with Gasteiger partial charge in [-0.3, -0.25) is 0 Å². The molecule has 1 atom stereocenters. The topological polar surface area (TPSA) is 29.0 Å². The van der Waals surface area contributed by atoms with Gasteiger partial charge in [-0.15, -0.1) is 11.3 Å². The van der Waals surface area contributed by atoms with E-state index in [0.29, 0.717) is 29.0 Å². The smallest absolute Gasteiger partial charge is 0.343 e. The minimum atomic E-state index is -4.26. The van der Waals surface area contributed by atoms with E-state index in [9.17, 15) is 13.2 Å². The minimum absolute atomic E-state index is 0.0163. The molecule has 0 amide bonds. The van der Waals surface area contributed by atoms with Crippen molar-refractivity contribution in [3.05, 3.63) is 16.7 Å². The number of rotatable bonds is 1. The van der Waals surface area contributed by atoms with Gasteiger partial charge in [0.2, 0.25) is 5.28 Å². The number of hydrogen-bond acceptors (Lipinski definition) is 4. The van der Waals surface area contributed by atoms with Gasteiger partial charge in [-0.2, -0.15) is 18.2 Å². The number of thiophene rings is 1. The Hall–Kier alpha value is -1.08. The van der Waals surface area contributed by atoms with Crippen molar-refractivity contribution in [2.75, 3.05) is 11.4 Å². The maximum Gasteiger partial charge on any atom is 0.408 e. The predicted octanol–water partition coefficient (Wildman–Crippen LogP) is 4.27. The van der Waals surface area contributed by atoms with E-state index in [0.717, 1.165) is 6.42 Å². The summed E-state index contributed by atoms with van der Waals surface area (Å²) in [5, 5.41) is 1.77. The Balaban J connectivity index is 2.10. The van der Waals surface area contributed by atoms with Crippen molar-refractivity contribution >= 4 is 39.0 Å². The van der Waals surface area contributed by atoms with Crippen molar-refractivity contribution < 1.29 is 13.2 Å². The molecule has 2 aromatic rings. The van der Waals surface area contributed by atoms with Crippen molar-refractivity contribution in [3.63, 3.8) is 0 Å². The number of anilines is 1. The number of nitrogens with zero attached hydrogens (tertiary/aromatic N) is 3. The molecule has 0 bridgehead atoms. The summed E-state index contributed by atoms with van der Waals surface area (Å²) in [6.07, 6.45) is -2.87. The standard InChI is InChI=1S/C12H11ClF3N3S/c13-11-17-7-4-6-20-9(7)10(18-11)19-5-2-1-3-8(19)12(14,15)16/h4,6,8H,1-3,5H2. The summed E-state index contributed by atoms with van der Waals surface area (Å²) in [5.74, 6) is 0.303. The Bertz CT molecular complexity index is 628. The van der Waals surface area contributed by atoms with Crippen LogP contribution in [0.4, 0.5) is 19.0 Å². The van der Waals surface area contributed by atoms with E-state index >= 15 is 0 Å². The van der Waals surface area contributed by atoms with E-state index in [1.54, 1.807) is 11.4 Å². The van der Waals surface area contributed by atoms with E-state index < -0.39 is 12.2 Å². The molecule has 3 nitrogen and oxygen atoms in total. The van der Waals surface area contributed by atoms with Gasteiger partial charge in [0.25, 0.3) is 0 Å². The van der Waals surface area contributed by atoms with E-state index in [2.05, 4.69) is 9.97 Å². The fourth-order valence-electron chi connectivity index (χ4n) is 2.54. The van der Waals surface area contributed by atoms with E-state index in [4.69, 9.17) is 11.6 Å². The van der Waals surface area contributed by atoms with Gasteiger partial charge in [0.05, 0.1) is 10.2 Å². The third kappa shape index (κ3) is 2.44. The molecule has 3 heterocycles. The molecule has 0 aliphatic carbocycles. The van der Waals surface area contributed by atoms with Crippen LogP contribution >= 0.6 is 22.9 Å². The molecule has 0 aromatic carbocycles. The molecule has 0 spiro atoms. The number of halogens is 4. The fraction of sp³-hybridized carbons (Fsp3) is 0.500. The highest BCUT2D eigenvalue weighted by Gasteiger charge is 2.45. The number of alkyl halides is 3. The zero-order valence-corrected chi connectivity index (χ0v) is 11.9. The first-order chi connectivity index (χ1) is 9.47. The van der Waals surface area contributed by atoms with Crippen molar-refractivity contribution in [2.45, 2.75) is 31.5 Å². The molecule has 3 rings (SSSR count). The van der Waals surface area contributed by atoms with Crippen molar-refractivity contribution in [1.82, 2.24) is 9.97 Å². The fourth-order valence-corrected chi connectivity index (χ4v) is 3.55. The van der Waals surface area contributed by atoms with Crippen LogP contribution in [0.1, 0.15) is 19.3 Å². The molecule has 0 radical (unpaired) electrons. The molecule has 0 saturated carbocycles. The van der Waals surface area contributed by atoms with E-state index in [1.165, 1.54) is 16.2 Å². The van der Waals surface area contributed by atoms with Crippen LogP contribution in [0.5, 0.6) is 0 Å². The molecule has 1 saturated heterocycles. The normalized spacial score (nSPS) is 20.6. The van der Waals surface area contributed by atoms with Crippen molar-refractivity contribution in [1.29, 1.82) is 0 Å². The second-order valence-corrected chi connectivity index (χ2v) is 5.95. The lowest BCUT2D eigenvalue weighted by atomic mass is 10.0. The summed E-state index contributed by atoms with van der Waals surface area (Å²) in [6.45, 7) is 0.338. The molecule has 0 N–H and O–H groups in total. The van der Waals surface area contributed by atoms with Crippen molar-refractivity contribution in [3.8, 4) is 0 Å². The van der Waals surface area contributed by atoms with Gasteiger partial charge in [-0.25, -0.2) is 4.98 Å². The van der Waals surface area contributed by atoms with Crippen LogP contribution in [0, 0.1) is 0 Å². The first-order valence-corrected chi connectivity index (χ1v) is 7.46. The third-order valence-electron chi connectivity index (χ3n) is 3.41. The summed E-state index contributed by atoms with van der Waals surface area (Å²) < 4.78 is 40.2. The molecule has 1 fully saturated rings. The van der Waals surface area contributed by atoms with Gasteiger partial charge in [0, 0.05) is 6.54 Å². The zero-order chi connectivity index (χ0) is 14.3. The Morgan fingerprint density at radius 2 is 2.10 bits per heavy atom. The Morgan fingerprint density at radius 3 is 2.85 bits per heavy atom. The molecule has 108 valence electrons.